The van der Waals surface area contributed by atoms with Gasteiger partial charge in [0.1, 0.15) is 0 Å². The fourth-order valence-corrected chi connectivity index (χ4v) is 2.22. The van der Waals surface area contributed by atoms with E-state index in [1.165, 1.54) is 11.3 Å². The third-order valence-corrected chi connectivity index (χ3v) is 3.53. The van der Waals surface area contributed by atoms with Crippen molar-refractivity contribution in [2.45, 2.75) is 13.2 Å². The van der Waals surface area contributed by atoms with E-state index in [1.54, 1.807) is 0 Å². The molecule has 0 saturated heterocycles. The molecule has 0 aliphatic rings. The fraction of sp³-hybridized carbons (Fsp3) is 0.182. The van der Waals surface area contributed by atoms with Gasteiger partial charge in [-0.05, 0) is 11.6 Å². The van der Waals surface area contributed by atoms with E-state index in [9.17, 15) is 0 Å². The maximum Gasteiger partial charge on any atom is 0.180 e. The van der Waals surface area contributed by atoms with E-state index in [0.29, 0.717) is 18.3 Å². The molecular weight excluding hydrogens is 288 g/mol. The van der Waals surface area contributed by atoms with Crippen molar-refractivity contribution in [3.05, 3.63) is 45.4 Å². The van der Waals surface area contributed by atoms with Crippen LogP contribution in [0.4, 0.5) is 5.13 Å². The molecule has 1 aromatic heterocycles. The van der Waals surface area contributed by atoms with Gasteiger partial charge in [-0.2, -0.15) is 0 Å². The number of nitrogens with zero attached hydrogens (tertiary/aromatic N) is 1. The topological polar surface area (TPSA) is 48.1 Å². The van der Waals surface area contributed by atoms with Gasteiger partial charge in [0.2, 0.25) is 0 Å². The zero-order chi connectivity index (χ0) is 11.4. The molecule has 1 aromatic carbocycles. The molecule has 0 unspecified atom stereocenters. The molecule has 1 heterocycles. The molecule has 0 aliphatic carbocycles. The summed E-state index contributed by atoms with van der Waals surface area (Å²) in [5.41, 5.74) is 7.54. The van der Waals surface area contributed by atoms with Crippen LogP contribution in [0.1, 0.15) is 11.3 Å². The Kier molecular flexibility index (Phi) is 3.93. The summed E-state index contributed by atoms with van der Waals surface area (Å²) in [6.45, 7) is 1.06. The lowest BCUT2D eigenvalue weighted by Gasteiger charge is -2.04. The molecule has 2 rings (SSSR count). The number of nitrogen functional groups attached to an aromatic ring is 1. The molecule has 0 fully saturated rings. The Balaban J connectivity index is 1.87. The highest BCUT2D eigenvalue weighted by Crippen LogP contribution is 2.18. The zero-order valence-corrected chi connectivity index (χ0v) is 10.9. The number of halogens is 1. The van der Waals surface area contributed by atoms with Gasteiger partial charge < -0.3 is 10.5 Å². The van der Waals surface area contributed by atoms with E-state index in [-0.39, 0.29) is 0 Å². The number of hydrogen-bond donors (Lipinski definition) is 1. The molecule has 0 atom stereocenters. The van der Waals surface area contributed by atoms with Gasteiger partial charge in [0.05, 0.1) is 18.9 Å². The molecule has 0 saturated carbocycles. The van der Waals surface area contributed by atoms with E-state index in [0.717, 1.165) is 15.7 Å². The van der Waals surface area contributed by atoms with Crippen molar-refractivity contribution in [3.63, 3.8) is 0 Å². The van der Waals surface area contributed by atoms with Gasteiger partial charge in [-0.3, -0.25) is 0 Å². The van der Waals surface area contributed by atoms with Gasteiger partial charge >= 0.3 is 0 Å². The Morgan fingerprint density at radius 2 is 2.12 bits per heavy atom. The Labute approximate surface area is 106 Å². The van der Waals surface area contributed by atoms with E-state index < -0.39 is 0 Å². The Hall–Kier alpha value is -0.910. The Morgan fingerprint density at radius 3 is 2.81 bits per heavy atom. The van der Waals surface area contributed by atoms with Crippen LogP contribution in [0.5, 0.6) is 0 Å². The van der Waals surface area contributed by atoms with Gasteiger partial charge in [0, 0.05) is 9.85 Å². The van der Waals surface area contributed by atoms with Crippen LogP contribution >= 0.6 is 27.3 Å². The van der Waals surface area contributed by atoms with Crippen molar-refractivity contribution >= 4 is 32.4 Å². The molecule has 84 valence electrons. The van der Waals surface area contributed by atoms with E-state index in [2.05, 4.69) is 20.9 Å². The van der Waals surface area contributed by atoms with Crippen LogP contribution in [-0.4, -0.2) is 4.98 Å². The number of anilines is 1. The molecule has 0 aliphatic heterocycles. The molecule has 16 heavy (non-hydrogen) atoms. The average molecular weight is 299 g/mol. The summed E-state index contributed by atoms with van der Waals surface area (Å²) >= 11 is 4.90. The quantitative estimate of drug-likeness (QED) is 0.943. The number of ether oxygens (including phenoxy) is 1. The number of hydrogen-bond acceptors (Lipinski definition) is 4. The molecule has 0 spiro atoms. The van der Waals surface area contributed by atoms with Crippen molar-refractivity contribution < 1.29 is 4.74 Å². The number of benzene rings is 1. The number of nitrogens with two attached hydrogens (primary N) is 1. The van der Waals surface area contributed by atoms with Crippen molar-refractivity contribution in [1.82, 2.24) is 4.98 Å². The maximum absolute atomic E-state index is 5.56. The largest absolute Gasteiger partial charge is 0.375 e. The highest BCUT2D eigenvalue weighted by Gasteiger charge is 2.01. The first-order valence-electron chi connectivity index (χ1n) is 4.77. The van der Waals surface area contributed by atoms with Gasteiger partial charge in [-0.15, -0.1) is 11.3 Å². The molecule has 0 amide bonds. The highest BCUT2D eigenvalue weighted by atomic mass is 79.9. The smallest absolute Gasteiger partial charge is 0.180 e. The summed E-state index contributed by atoms with van der Waals surface area (Å²) in [5, 5.41) is 2.49. The SMILES string of the molecule is Nc1nc(COCc2ccccc2Br)cs1. The van der Waals surface area contributed by atoms with E-state index >= 15 is 0 Å². The first-order chi connectivity index (χ1) is 7.75. The summed E-state index contributed by atoms with van der Waals surface area (Å²) in [5.74, 6) is 0. The lowest BCUT2D eigenvalue weighted by molar-refractivity contribution is 0.104. The normalized spacial score (nSPS) is 10.6. The summed E-state index contributed by atoms with van der Waals surface area (Å²) in [6.07, 6.45) is 0. The van der Waals surface area contributed by atoms with Crippen LogP contribution < -0.4 is 5.73 Å². The summed E-state index contributed by atoms with van der Waals surface area (Å²) in [4.78, 5) is 4.12. The van der Waals surface area contributed by atoms with Gasteiger partial charge in [0.15, 0.2) is 5.13 Å². The van der Waals surface area contributed by atoms with Crippen molar-refractivity contribution in [3.8, 4) is 0 Å². The van der Waals surface area contributed by atoms with Crippen molar-refractivity contribution in [2.24, 2.45) is 0 Å². The molecule has 0 bridgehead atoms. The lowest BCUT2D eigenvalue weighted by Crippen LogP contribution is -1.95. The van der Waals surface area contributed by atoms with Gasteiger partial charge in [-0.1, -0.05) is 34.1 Å². The second kappa shape index (κ2) is 5.43. The molecule has 3 nitrogen and oxygen atoms in total. The second-order valence-corrected chi connectivity index (χ2v) is 5.01. The van der Waals surface area contributed by atoms with Crippen LogP contribution in [-0.2, 0) is 18.0 Å². The van der Waals surface area contributed by atoms with Gasteiger partial charge in [0.25, 0.3) is 0 Å². The Bertz CT molecular complexity index is 473. The average Bonchev–Trinajstić information content (AvgIpc) is 2.67. The van der Waals surface area contributed by atoms with Gasteiger partial charge in [-0.25, -0.2) is 4.98 Å². The monoisotopic (exact) mass is 298 g/mol. The van der Waals surface area contributed by atoms with Crippen molar-refractivity contribution in [2.75, 3.05) is 5.73 Å². The minimum Gasteiger partial charge on any atom is -0.375 e. The van der Waals surface area contributed by atoms with E-state index in [4.69, 9.17) is 10.5 Å². The second-order valence-electron chi connectivity index (χ2n) is 3.26. The summed E-state index contributed by atoms with van der Waals surface area (Å²) in [6, 6.07) is 8.00. The zero-order valence-electron chi connectivity index (χ0n) is 8.52. The number of aromatic nitrogens is 1. The van der Waals surface area contributed by atoms with Crippen LogP contribution in [0.15, 0.2) is 34.1 Å². The maximum atomic E-state index is 5.56. The molecule has 5 heteroatoms. The molecule has 2 N–H and O–H groups in total. The first-order valence-corrected chi connectivity index (χ1v) is 6.44. The van der Waals surface area contributed by atoms with E-state index in [1.807, 2.05) is 29.6 Å². The molecular formula is C11H11BrN2OS. The molecule has 2 aromatic rings. The third kappa shape index (κ3) is 3.04. The predicted molar refractivity (Wildman–Crippen MR) is 69.2 cm³/mol. The predicted octanol–water partition coefficient (Wildman–Crippen LogP) is 3.20. The standard InChI is InChI=1S/C11H11BrN2OS/c12-10-4-2-1-3-8(10)5-15-6-9-7-16-11(13)14-9/h1-4,7H,5-6H2,(H2,13,14). The molecule has 0 radical (unpaired) electrons. The summed E-state index contributed by atoms with van der Waals surface area (Å²) < 4.78 is 6.62. The lowest BCUT2D eigenvalue weighted by atomic mass is 10.2. The van der Waals surface area contributed by atoms with Crippen LogP contribution in [0.2, 0.25) is 0 Å². The Morgan fingerprint density at radius 1 is 1.31 bits per heavy atom. The van der Waals surface area contributed by atoms with Crippen LogP contribution in [0.25, 0.3) is 0 Å². The minimum atomic E-state index is 0.495. The first kappa shape index (κ1) is 11.6. The van der Waals surface area contributed by atoms with Crippen molar-refractivity contribution in [1.29, 1.82) is 0 Å². The summed E-state index contributed by atoms with van der Waals surface area (Å²) in [7, 11) is 0. The number of rotatable bonds is 4. The minimum absolute atomic E-state index is 0.495. The fourth-order valence-electron chi connectivity index (χ4n) is 1.27. The van der Waals surface area contributed by atoms with Crippen LogP contribution in [0.3, 0.4) is 0 Å². The highest BCUT2D eigenvalue weighted by molar-refractivity contribution is 9.10. The number of thiazole rings is 1. The van der Waals surface area contributed by atoms with Crippen LogP contribution in [0, 0.1) is 0 Å². The third-order valence-electron chi connectivity index (χ3n) is 2.03.